The first-order valence-corrected chi connectivity index (χ1v) is 5.94. The van der Waals surface area contributed by atoms with Gasteiger partial charge in [0.25, 0.3) is 5.91 Å². The monoisotopic (exact) mass is 248 g/mol. The number of benzene rings is 1. The Bertz CT molecular complexity index is 512. The number of carbonyl (C=O) groups excluding carboxylic acids is 1. The molecule has 2 aromatic rings. The van der Waals surface area contributed by atoms with Crippen molar-refractivity contribution < 1.29 is 4.79 Å². The van der Waals surface area contributed by atoms with Gasteiger partial charge in [0.15, 0.2) is 0 Å². The van der Waals surface area contributed by atoms with Gasteiger partial charge in [-0.15, -0.1) is 5.10 Å². The Morgan fingerprint density at radius 3 is 2.94 bits per heavy atom. The summed E-state index contributed by atoms with van der Waals surface area (Å²) >= 11 is 1.09. The van der Waals surface area contributed by atoms with Crippen LogP contribution >= 0.6 is 11.5 Å². The molecule has 0 atom stereocenters. The fourth-order valence-corrected chi connectivity index (χ4v) is 2.00. The van der Waals surface area contributed by atoms with E-state index in [1.54, 1.807) is 17.0 Å². The van der Waals surface area contributed by atoms with Crippen molar-refractivity contribution in [1.82, 2.24) is 9.59 Å². The predicted octanol–water partition coefficient (Wildman–Crippen LogP) is 1.79. The largest absolute Gasteiger partial charge is 0.399 e. The van der Waals surface area contributed by atoms with Crippen LogP contribution in [0.5, 0.6) is 0 Å². The maximum atomic E-state index is 12.2. The number of hydrogen-bond acceptors (Lipinski definition) is 5. The summed E-state index contributed by atoms with van der Waals surface area (Å²) in [6.45, 7) is 2.48. The van der Waals surface area contributed by atoms with Gasteiger partial charge in [-0.1, -0.05) is 10.6 Å². The van der Waals surface area contributed by atoms with Crippen LogP contribution in [0.2, 0.25) is 0 Å². The number of nitrogen functional groups attached to an aromatic ring is 1. The number of anilines is 2. The zero-order valence-corrected chi connectivity index (χ0v) is 10.1. The molecule has 0 bridgehead atoms. The molecule has 0 spiro atoms. The summed E-state index contributed by atoms with van der Waals surface area (Å²) in [5, 5.41) is 3.67. The van der Waals surface area contributed by atoms with E-state index in [4.69, 9.17) is 5.73 Å². The lowest BCUT2D eigenvalue weighted by Gasteiger charge is -2.20. The topological polar surface area (TPSA) is 72.1 Å². The smallest absolute Gasteiger partial charge is 0.271 e. The van der Waals surface area contributed by atoms with Gasteiger partial charge < -0.3 is 10.6 Å². The maximum Gasteiger partial charge on any atom is 0.271 e. The average Bonchev–Trinajstić information content (AvgIpc) is 2.83. The molecule has 0 saturated heterocycles. The summed E-state index contributed by atoms with van der Waals surface area (Å²) in [5.74, 6) is -0.104. The summed E-state index contributed by atoms with van der Waals surface area (Å²) in [5.41, 5.74) is 7.13. The van der Waals surface area contributed by atoms with Crippen molar-refractivity contribution in [2.45, 2.75) is 6.92 Å². The summed E-state index contributed by atoms with van der Waals surface area (Å²) in [4.78, 5) is 14.3. The van der Waals surface area contributed by atoms with E-state index >= 15 is 0 Å². The summed E-state index contributed by atoms with van der Waals surface area (Å²) in [6, 6.07) is 7.24. The van der Waals surface area contributed by atoms with Gasteiger partial charge in [-0.2, -0.15) is 0 Å². The minimum Gasteiger partial charge on any atom is -0.399 e. The van der Waals surface area contributed by atoms with Crippen molar-refractivity contribution in [2.24, 2.45) is 0 Å². The average molecular weight is 248 g/mol. The number of hydrogen-bond donors (Lipinski definition) is 1. The third-order valence-electron chi connectivity index (χ3n) is 2.32. The van der Waals surface area contributed by atoms with E-state index in [1.165, 1.54) is 6.20 Å². The van der Waals surface area contributed by atoms with Gasteiger partial charge in [0.1, 0.15) is 4.88 Å². The summed E-state index contributed by atoms with van der Waals surface area (Å²) < 4.78 is 3.69. The zero-order chi connectivity index (χ0) is 12.3. The Hall–Kier alpha value is -1.95. The van der Waals surface area contributed by atoms with Gasteiger partial charge in [0.2, 0.25) is 0 Å². The SMILES string of the molecule is CCN(C(=O)c1cnns1)c1cccc(N)c1. The van der Waals surface area contributed by atoms with Gasteiger partial charge in [0, 0.05) is 17.9 Å². The number of amides is 1. The van der Waals surface area contributed by atoms with E-state index in [9.17, 15) is 4.79 Å². The molecule has 0 saturated carbocycles. The highest BCUT2D eigenvalue weighted by molar-refractivity contribution is 7.07. The van der Waals surface area contributed by atoms with E-state index < -0.39 is 0 Å². The first-order valence-electron chi connectivity index (χ1n) is 5.17. The number of carbonyl (C=O) groups is 1. The number of nitrogens with zero attached hydrogens (tertiary/aromatic N) is 3. The molecular formula is C11H12N4OS. The van der Waals surface area contributed by atoms with Crippen LogP contribution in [-0.4, -0.2) is 22.0 Å². The van der Waals surface area contributed by atoms with Crippen LogP contribution in [0.3, 0.4) is 0 Å². The first kappa shape index (κ1) is 11.5. The van der Waals surface area contributed by atoms with Crippen molar-refractivity contribution in [1.29, 1.82) is 0 Å². The number of nitrogens with two attached hydrogens (primary N) is 1. The lowest BCUT2D eigenvalue weighted by atomic mass is 10.2. The van der Waals surface area contributed by atoms with E-state index in [2.05, 4.69) is 9.59 Å². The molecule has 1 amide bonds. The normalized spacial score (nSPS) is 10.2. The molecule has 1 aromatic carbocycles. The highest BCUT2D eigenvalue weighted by atomic mass is 32.1. The lowest BCUT2D eigenvalue weighted by molar-refractivity contribution is 0.0992. The molecule has 1 aromatic heterocycles. The summed E-state index contributed by atoms with van der Waals surface area (Å²) in [6.07, 6.45) is 1.47. The van der Waals surface area contributed by atoms with Crippen molar-refractivity contribution in [3.63, 3.8) is 0 Å². The zero-order valence-electron chi connectivity index (χ0n) is 9.33. The third kappa shape index (κ3) is 2.42. The molecule has 17 heavy (non-hydrogen) atoms. The molecule has 0 radical (unpaired) electrons. The van der Waals surface area contributed by atoms with Gasteiger partial charge in [-0.3, -0.25) is 4.79 Å². The lowest BCUT2D eigenvalue weighted by Crippen LogP contribution is -2.30. The Morgan fingerprint density at radius 1 is 1.53 bits per heavy atom. The first-order chi connectivity index (χ1) is 8.22. The van der Waals surface area contributed by atoms with Gasteiger partial charge in [-0.05, 0) is 36.7 Å². The van der Waals surface area contributed by atoms with Crippen LogP contribution in [0, 0.1) is 0 Å². The van der Waals surface area contributed by atoms with Gasteiger partial charge >= 0.3 is 0 Å². The molecule has 1 heterocycles. The van der Waals surface area contributed by atoms with Crippen LogP contribution in [0.15, 0.2) is 30.5 Å². The van der Waals surface area contributed by atoms with Crippen LogP contribution in [0.25, 0.3) is 0 Å². The fraction of sp³-hybridized carbons (Fsp3) is 0.182. The van der Waals surface area contributed by atoms with E-state index in [-0.39, 0.29) is 5.91 Å². The van der Waals surface area contributed by atoms with Crippen LogP contribution in [0.1, 0.15) is 16.6 Å². The van der Waals surface area contributed by atoms with E-state index in [0.29, 0.717) is 17.1 Å². The standard InChI is InChI=1S/C11H12N4OS/c1-2-15(9-5-3-4-8(12)6-9)11(16)10-7-13-14-17-10/h3-7H,2,12H2,1H3. The van der Waals surface area contributed by atoms with E-state index in [0.717, 1.165) is 17.2 Å². The minimum absolute atomic E-state index is 0.104. The highest BCUT2D eigenvalue weighted by Crippen LogP contribution is 2.20. The Morgan fingerprint density at radius 2 is 2.35 bits per heavy atom. The summed E-state index contributed by atoms with van der Waals surface area (Å²) in [7, 11) is 0. The quantitative estimate of drug-likeness (QED) is 0.840. The van der Waals surface area contributed by atoms with Crippen molar-refractivity contribution >= 4 is 28.8 Å². The second-order valence-electron chi connectivity index (χ2n) is 3.43. The number of rotatable bonds is 3. The molecule has 0 fully saturated rings. The molecule has 0 unspecified atom stereocenters. The van der Waals surface area contributed by atoms with Gasteiger partial charge in [0.05, 0.1) is 6.20 Å². The second kappa shape index (κ2) is 4.92. The maximum absolute atomic E-state index is 12.2. The van der Waals surface area contributed by atoms with Crippen molar-refractivity contribution in [2.75, 3.05) is 17.2 Å². The minimum atomic E-state index is -0.104. The third-order valence-corrected chi connectivity index (χ3v) is 2.97. The second-order valence-corrected chi connectivity index (χ2v) is 4.21. The van der Waals surface area contributed by atoms with Crippen molar-refractivity contribution in [3.8, 4) is 0 Å². The Kier molecular flexibility index (Phi) is 3.34. The molecule has 0 aliphatic rings. The molecule has 0 aliphatic carbocycles. The van der Waals surface area contributed by atoms with Crippen molar-refractivity contribution in [3.05, 3.63) is 35.3 Å². The molecule has 6 heteroatoms. The van der Waals surface area contributed by atoms with Crippen LogP contribution < -0.4 is 10.6 Å². The Balaban J connectivity index is 2.31. The van der Waals surface area contributed by atoms with E-state index in [1.807, 2.05) is 19.1 Å². The Labute approximate surface area is 103 Å². The molecule has 2 rings (SSSR count). The predicted molar refractivity (Wildman–Crippen MR) is 68.1 cm³/mol. The molecule has 5 nitrogen and oxygen atoms in total. The molecule has 0 aliphatic heterocycles. The molecular weight excluding hydrogens is 236 g/mol. The number of aromatic nitrogens is 2. The van der Waals surface area contributed by atoms with Gasteiger partial charge in [-0.25, -0.2) is 0 Å². The highest BCUT2D eigenvalue weighted by Gasteiger charge is 2.18. The molecule has 88 valence electrons. The van der Waals surface area contributed by atoms with Crippen LogP contribution in [-0.2, 0) is 0 Å². The van der Waals surface area contributed by atoms with Crippen LogP contribution in [0.4, 0.5) is 11.4 Å². The molecule has 2 N–H and O–H groups in total. The fourth-order valence-electron chi connectivity index (χ4n) is 1.53.